The van der Waals surface area contributed by atoms with Crippen LogP contribution >= 0.6 is 23.7 Å². The van der Waals surface area contributed by atoms with E-state index in [-0.39, 0.29) is 18.1 Å². The second kappa shape index (κ2) is 3.38. The molecule has 1 heterocycles. The Kier molecular flexibility index (Phi) is 3.11. The summed E-state index contributed by atoms with van der Waals surface area (Å²) < 4.78 is 0. The van der Waals surface area contributed by atoms with Gasteiger partial charge in [0.25, 0.3) is 5.91 Å². The molecule has 1 aromatic heterocycles. The Morgan fingerprint density at radius 1 is 1.70 bits per heavy atom. The third-order valence-electron chi connectivity index (χ3n) is 0.774. The first kappa shape index (κ1) is 9.19. The van der Waals surface area contributed by atoms with Crippen molar-refractivity contribution in [3.8, 4) is 0 Å². The summed E-state index contributed by atoms with van der Waals surface area (Å²) in [5.74, 6) is -0.539. The van der Waals surface area contributed by atoms with E-state index in [4.69, 9.17) is 11.5 Å². The molecule has 6 heteroatoms. The minimum absolute atomic E-state index is 0. The summed E-state index contributed by atoms with van der Waals surface area (Å²) in [7, 11) is 0. The summed E-state index contributed by atoms with van der Waals surface area (Å²) in [6.07, 6.45) is 0. The number of amides is 1. The molecule has 4 nitrogen and oxygen atoms in total. The molecule has 0 aromatic carbocycles. The second-order valence-corrected chi connectivity index (χ2v) is 2.32. The third-order valence-corrected chi connectivity index (χ3v) is 1.45. The molecule has 0 aliphatic rings. The topological polar surface area (TPSA) is 82.0 Å². The minimum Gasteiger partial charge on any atom is -0.375 e. The van der Waals surface area contributed by atoms with Crippen LogP contribution in [0.2, 0.25) is 0 Å². The van der Waals surface area contributed by atoms with E-state index in [9.17, 15) is 4.79 Å². The lowest BCUT2D eigenvalue weighted by Gasteiger charge is -1.80. The van der Waals surface area contributed by atoms with Crippen LogP contribution in [0.25, 0.3) is 0 Å². The molecule has 10 heavy (non-hydrogen) atoms. The van der Waals surface area contributed by atoms with Gasteiger partial charge in [-0.3, -0.25) is 4.79 Å². The van der Waals surface area contributed by atoms with Crippen molar-refractivity contribution in [3.05, 3.63) is 11.1 Å². The van der Waals surface area contributed by atoms with Gasteiger partial charge in [0, 0.05) is 5.38 Å². The first-order valence-electron chi connectivity index (χ1n) is 2.21. The van der Waals surface area contributed by atoms with Gasteiger partial charge in [0.05, 0.1) is 0 Å². The highest BCUT2D eigenvalue weighted by molar-refractivity contribution is 7.13. The van der Waals surface area contributed by atoms with Gasteiger partial charge in [-0.15, -0.1) is 23.7 Å². The van der Waals surface area contributed by atoms with Crippen LogP contribution in [0.5, 0.6) is 0 Å². The van der Waals surface area contributed by atoms with Crippen LogP contribution in [-0.4, -0.2) is 10.9 Å². The number of thiazole rings is 1. The summed E-state index contributed by atoms with van der Waals surface area (Å²) >= 11 is 1.20. The summed E-state index contributed by atoms with van der Waals surface area (Å²) in [4.78, 5) is 14.0. The van der Waals surface area contributed by atoms with Crippen LogP contribution in [0.3, 0.4) is 0 Å². The Morgan fingerprint density at radius 3 is 2.50 bits per heavy atom. The van der Waals surface area contributed by atoms with Crippen molar-refractivity contribution < 1.29 is 4.79 Å². The van der Waals surface area contributed by atoms with Gasteiger partial charge >= 0.3 is 0 Å². The Balaban J connectivity index is 0.000000810. The van der Waals surface area contributed by atoms with Gasteiger partial charge in [0.2, 0.25) is 0 Å². The summed E-state index contributed by atoms with van der Waals surface area (Å²) in [6.45, 7) is 0. The Morgan fingerprint density at radius 2 is 2.30 bits per heavy atom. The highest BCUT2D eigenvalue weighted by Gasteiger charge is 2.02. The molecule has 1 rings (SSSR count). The highest BCUT2D eigenvalue weighted by Crippen LogP contribution is 2.09. The quantitative estimate of drug-likeness (QED) is 0.648. The third kappa shape index (κ3) is 1.85. The van der Waals surface area contributed by atoms with E-state index in [0.717, 1.165) is 0 Å². The predicted octanol–water partition coefficient (Wildman–Crippen LogP) is 0.246. The first-order valence-corrected chi connectivity index (χ1v) is 3.09. The molecule has 0 saturated carbocycles. The van der Waals surface area contributed by atoms with Crippen LogP contribution in [-0.2, 0) is 0 Å². The molecule has 0 spiro atoms. The average Bonchev–Trinajstić information content (AvgIpc) is 2.14. The van der Waals surface area contributed by atoms with Crippen molar-refractivity contribution in [2.45, 2.75) is 0 Å². The lowest BCUT2D eigenvalue weighted by atomic mass is 10.5. The lowest BCUT2D eigenvalue weighted by Crippen LogP contribution is -2.11. The van der Waals surface area contributed by atoms with Crippen molar-refractivity contribution in [1.82, 2.24) is 4.98 Å². The van der Waals surface area contributed by atoms with Crippen molar-refractivity contribution in [2.75, 3.05) is 5.73 Å². The number of anilines is 1. The highest BCUT2D eigenvalue weighted by atomic mass is 35.5. The summed E-state index contributed by atoms with van der Waals surface area (Å²) in [5.41, 5.74) is 10.3. The number of hydrogen-bond donors (Lipinski definition) is 2. The maximum absolute atomic E-state index is 10.3. The fraction of sp³-hybridized carbons (Fsp3) is 0. The summed E-state index contributed by atoms with van der Waals surface area (Å²) in [5, 5.41) is 1.89. The molecule has 0 fully saturated rings. The van der Waals surface area contributed by atoms with Crippen LogP contribution in [0, 0.1) is 0 Å². The monoisotopic (exact) mass is 179 g/mol. The number of hydrogen-bond acceptors (Lipinski definition) is 4. The van der Waals surface area contributed by atoms with E-state index >= 15 is 0 Å². The van der Waals surface area contributed by atoms with Gasteiger partial charge in [-0.2, -0.15) is 0 Å². The number of carbonyl (C=O) groups is 1. The maximum atomic E-state index is 10.3. The van der Waals surface area contributed by atoms with Crippen LogP contribution in [0.15, 0.2) is 5.38 Å². The molecule has 0 aliphatic carbocycles. The molecule has 1 aromatic rings. The smallest absolute Gasteiger partial charge is 0.268 e. The molecular weight excluding hydrogens is 174 g/mol. The van der Waals surface area contributed by atoms with Gasteiger partial charge in [0.15, 0.2) is 5.13 Å². The maximum Gasteiger partial charge on any atom is 0.268 e. The van der Waals surface area contributed by atoms with E-state index in [1.54, 1.807) is 0 Å². The SMILES string of the molecule is Cl.NC(=O)c1csc(N)n1. The Hall–Kier alpha value is -0.810. The molecule has 0 unspecified atom stereocenters. The molecule has 56 valence electrons. The fourth-order valence-corrected chi connectivity index (χ4v) is 0.953. The Labute approximate surface area is 67.7 Å². The lowest BCUT2D eigenvalue weighted by molar-refractivity contribution is 0.0996. The van der Waals surface area contributed by atoms with E-state index in [1.807, 2.05) is 0 Å². The standard InChI is InChI=1S/C4H5N3OS.ClH/c5-3(8)2-1-9-4(6)7-2;/h1H,(H2,5,8)(H2,6,7);1H. The van der Waals surface area contributed by atoms with Gasteiger partial charge in [0.1, 0.15) is 5.69 Å². The Bertz CT molecular complexity index is 236. The number of nitrogen functional groups attached to an aromatic ring is 1. The number of aromatic nitrogens is 1. The van der Waals surface area contributed by atoms with Crippen LogP contribution in [0.4, 0.5) is 5.13 Å². The zero-order valence-electron chi connectivity index (χ0n) is 4.90. The number of nitrogens with zero attached hydrogens (tertiary/aromatic N) is 1. The van der Waals surface area contributed by atoms with E-state index < -0.39 is 5.91 Å². The number of carbonyl (C=O) groups excluding carboxylic acids is 1. The fourth-order valence-electron chi connectivity index (χ4n) is 0.401. The first-order chi connectivity index (χ1) is 4.20. The second-order valence-electron chi connectivity index (χ2n) is 1.44. The van der Waals surface area contributed by atoms with Crippen LogP contribution in [0.1, 0.15) is 10.5 Å². The molecule has 0 atom stereocenters. The predicted molar refractivity (Wildman–Crippen MR) is 42.3 cm³/mol. The zero-order chi connectivity index (χ0) is 6.85. The van der Waals surface area contributed by atoms with Crippen molar-refractivity contribution in [2.24, 2.45) is 5.73 Å². The van der Waals surface area contributed by atoms with E-state index in [0.29, 0.717) is 5.13 Å². The van der Waals surface area contributed by atoms with Crippen molar-refractivity contribution in [3.63, 3.8) is 0 Å². The number of nitrogens with two attached hydrogens (primary N) is 2. The normalized spacial score (nSPS) is 8.40. The van der Waals surface area contributed by atoms with Crippen molar-refractivity contribution in [1.29, 1.82) is 0 Å². The van der Waals surface area contributed by atoms with Gasteiger partial charge in [-0.25, -0.2) is 4.98 Å². The largest absolute Gasteiger partial charge is 0.375 e. The van der Waals surface area contributed by atoms with E-state index in [1.165, 1.54) is 16.7 Å². The molecule has 4 N–H and O–H groups in total. The number of rotatable bonds is 1. The molecular formula is C4H6ClN3OS. The molecule has 1 amide bonds. The molecule has 0 aliphatic heterocycles. The molecule has 0 bridgehead atoms. The number of primary amides is 1. The van der Waals surface area contributed by atoms with Gasteiger partial charge < -0.3 is 11.5 Å². The number of halogens is 1. The summed E-state index contributed by atoms with van der Waals surface area (Å²) in [6, 6.07) is 0. The van der Waals surface area contributed by atoms with Gasteiger partial charge in [-0.1, -0.05) is 0 Å². The average molecular weight is 180 g/mol. The minimum atomic E-state index is -0.539. The molecule has 0 saturated heterocycles. The zero-order valence-corrected chi connectivity index (χ0v) is 6.54. The van der Waals surface area contributed by atoms with Crippen molar-refractivity contribution >= 4 is 34.8 Å². The van der Waals surface area contributed by atoms with Gasteiger partial charge in [-0.05, 0) is 0 Å². The van der Waals surface area contributed by atoms with Crippen LogP contribution < -0.4 is 11.5 Å². The van der Waals surface area contributed by atoms with E-state index in [2.05, 4.69) is 4.98 Å². The molecule has 0 radical (unpaired) electrons.